The van der Waals surface area contributed by atoms with Gasteiger partial charge in [0.25, 0.3) is 0 Å². The molecule has 0 amide bonds. The van der Waals surface area contributed by atoms with Crippen molar-refractivity contribution >= 4 is 21.8 Å². The minimum atomic E-state index is -3.76. The van der Waals surface area contributed by atoms with Gasteiger partial charge in [0, 0.05) is 44.5 Å². The molecule has 2 heterocycles. The van der Waals surface area contributed by atoms with Gasteiger partial charge in [0.2, 0.25) is 10.0 Å². The maximum absolute atomic E-state index is 12.7. The smallest absolute Gasteiger partial charge is 0.244 e. The summed E-state index contributed by atoms with van der Waals surface area (Å²) in [4.78, 5) is 17.3. The topological polar surface area (TPSA) is 106 Å². The van der Waals surface area contributed by atoms with E-state index in [-0.39, 0.29) is 16.3 Å². The molecule has 134 valence electrons. The molecule has 1 aromatic rings. The van der Waals surface area contributed by atoms with Crippen molar-refractivity contribution in [1.82, 2.24) is 14.2 Å². The van der Waals surface area contributed by atoms with Crippen LogP contribution in [0.4, 0.5) is 5.82 Å². The zero-order valence-corrected chi connectivity index (χ0v) is 14.8. The molecule has 9 heteroatoms. The first kappa shape index (κ1) is 18.6. The predicted octanol–water partition coefficient (Wildman–Crippen LogP) is -0.407. The number of likely N-dealkylation sites (N-methyl/N-ethyl adjacent to an activating group) is 1. The Morgan fingerprint density at radius 1 is 1.29 bits per heavy atom. The molecule has 8 nitrogen and oxygen atoms in total. The quantitative estimate of drug-likeness (QED) is 0.709. The Morgan fingerprint density at radius 2 is 1.96 bits per heavy atom. The fourth-order valence-corrected chi connectivity index (χ4v) is 3.96. The van der Waals surface area contributed by atoms with Crippen LogP contribution in [-0.4, -0.2) is 67.8 Å². The van der Waals surface area contributed by atoms with E-state index in [1.165, 1.54) is 10.5 Å². The number of carboxylic acids is 1. The molecule has 1 saturated heterocycles. The van der Waals surface area contributed by atoms with Crippen molar-refractivity contribution in [3.63, 3.8) is 0 Å². The van der Waals surface area contributed by atoms with Crippen LogP contribution in [0.15, 0.2) is 17.2 Å². The lowest BCUT2D eigenvalue weighted by molar-refractivity contribution is -0.254. The highest BCUT2D eigenvalue weighted by atomic mass is 32.2. The highest BCUT2D eigenvalue weighted by molar-refractivity contribution is 7.89. The number of nitrogens with zero attached hydrogens (tertiary/aromatic N) is 3. The number of carbonyl (C=O) groups is 1. The molecule has 2 rings (SSSR count). The normalized spacial score (nSPS) is 16.9. The van der Waals surface area contributed by atoms with Gasteiger partial charge >= 0.3 is 0 Å². The number of pyridine rings is 1. The Bertz CT molecular complexity index is 685. The Morgan fingerprint density at radius 3 is 2.50 bits per heavy atom. The number of anilines is 1. The lowest BCUT2D eigenvalue weighted by Gasteiger charge is -2.33. The average molecular weight is 355 g/mol. The van der Waals surface area contributed by atoms with Crippen molar-refractivity contribution in [2.24, 2.45) is 0 Å². The molecule has 1 fully saturated rings. The minimum Gasteiger partial charge on any atom is -0.545 e. The van der Waals surface area contributed by atoms with Crippen LogP contribution in [0.5, 0.6) is 0 Å². The van der Waals surface area contributed by atoms with E-state index in [0.717, 1.165) is 19.0 Å². The summed E-state index contributed by atoms with van der Waals surface area (Å²) < 4.78 is 26.8. The van der Waals surface area contributed by atoms with Gasteiger partial charge in [0.05, 0.1) is 5.97 Å². The Balaban J connectivity index is 2.27. The van der Waals surface area contributed by atoms with Gasteiger partial charge in [0.1, 0.15) is 10.7 Å². The van der Waals surface area contributed by atoms with Gasteiger partial charge in [-0.05, 0) is 19.0 Å². The summed E-state index contributed by atoms with van der Waals surface area (Å²) in [6.45, 7) is 7.46. The second-order valence-electron chi connectivity index (χ2n) is 5.62. The molecule has 0 saturated carbocycles. The number of aromatic carboxylic acids is 1. The first-order valence-corrected chi connectivity index (χ1v) is 9.52. The third-order valence-corrected chi connectivity index (χ3v) is 5.91. The van der Waals surface area contributed by atoms with Gasteiger partial charge < -0.3 is 20.1 Å². The number of nitrogens with one attached hydrogen (secondary N) is 1. The van der Waals surface area contributed by atoms with Crippen molar-refractivity contribution in [2.45, 2.75) is 25.2 Å². The zero-order chi connectivity index (χ0) is 17.7. The number of piperazine rings is 1. The highest BCUT2D eigenvalue weighted by Crippen LogP contribution is 2.21. The molecule has 24 heavy (non-hydrogen) atoms. The van der Waals surface area contributed by atoms with E-state index in [1.807, 2.05) is 13.8 Å². The fourth-order valence-electron chi connectivity index (χ4n) is 2.56. The van der Waals surface area contributed by atoms with Gasteiger partial charge in [-0.3, -0.25) is 0 Å². The van der Waals surface area contributed by atoms with E-state index >= 15 is 0 Å². The minimum absolute atomic E-state index is 0.117. The van der Waals surface area contributed by atoms with Gasteiger partial charge in [-0.1, -0.05) is 13.8 Å². The molecule has 1 N–H and O–H groups in total. The van der Waals surface area contributed by atoms with Crippen LogP contribution in [-0.2, 0) is 10.0 Å². The van der Waals surface area contributed by atoms with E-state index < -0.39 is 16.0 Å². The Kier molecular flexibility index (Phi) is 6.14. The lowest BCUT2D eigenvalue weighted by atomic mass is 10.2. The average Bonchev–Trinajstić information content (AvgIpc) is 2.59. The van der Waals surface area contributed by atoms with Gasteiger partial charge in [-0.2, -0.15) is 4.31 Å². The number of hydrogen-bond donors (Lipinski definition) is 1. The molecule has 0 bridgehead atoms. The molecule has 0 atom stereocenters. The number of carboxylic acid groups (broad SMARTS) is 1. The molecule has 0 spiro atoms. The molecule has 1 aliphatic rings. The zero-order valence-electron chi connectivity index (χ0n) is 14.0. The number of carbonyl (C=O) groups excluding carboxylic acids is 1. The Hall–Kier alpha value is -1.71. The molecule has 1 aliphatic heterocycles. The van der Waals surface area contributed by atoms with Crippen molar-refractivity contribution in [1.29, 1.82) is 0 Å². The van der Waals surface area contributed by atoms with Crippen LogP contribution >= 0.6 is 0 Å². The van der Waals surface area contributed by atoms with Crippen molar-refractivity contribution in [3.8, 4) is 0 Å². The number of sulfonamides is 1. The second-order valence-corrected chi connectivity index (χ2v) is 7.56. The van der Waals surface area contributed by atoms with E-state index in [4.69, 9.17) is 0 Å². The third kappa shape index (κ3) is 4.03. The van der Waals surface area contributed by atoms with Gasteiger partial charge in [-0.25, -0.2) is 13.4 Å². The SMILES string of the molecule is CCCNc1ncc(S(=O)(=O)N2CCN(CC)CC2)cc1C(=O)[O-]. The van der Waals surface area contributed by atoms with E-state index in [9.17, 15) is 18.3 Å². The van der Waals surface area contributed by atoms with Crippen molar-refractivity contribution in [3.05, 3.63) is 17.8 Å². The number of aromatic nitrogens is 1. The van der Waals surface area contributed by atoms with Crippen LogP contribution < -0.4 is 10.4 Å². The summed E-state index contributed by atoms with van der Waals surface area (Å²) in [5.74, 6) is -1.32. The lowest BCUT2D eigenvalue weighted by Crippen LogP contribution is -2.48. The molecule has 0 aromatic carbocycles. The van der Waals surface area contributed by atoms with Crippen LogP contribution in [0.1, 0.15) is 30.6 Å². The maximum atomic E-state index is 12.7. The summed E-state index contributed by atoms with van der Waals surface area (Å²) in [6, 6.07) is 1.13. The summed E-state index contributed by atoms with van der Waals surface area (Å²) in [5.41, 5.74) is -0.239. The molecule has 0 unspecified atom stereocenters. The third-order valence-electron chi connectivity index (χ3n) is 4.04. The van der Waals surface area contributed by atoms with Gasteiger partial charge in [-0.15, -0.1) is 0 Å². The molecule has 0 aliphatic carbocycles. The molecule has 0 radical (unpaired) electrons. The van der Waals surface area contributed by atoms with Crippen LogP contribution in [0, 0.1) is 0 Å². The van der Waals surface area contributed by atoms with Crippen LogP contribution in [0.25, 0.3) is 0 Å². The molecule has 1 aromatic heterocycles. The number of hydrogen-bond acceptors (Lipinski definition) is 7. The first-order valence-electron chi connectivity index (χ1n) is 8.08. The van der Waals surface area contributed by atoms with Crippen LogP contribution in [0.2, 0.25) is 0 Å². The maximum Gasteiger partial charge on any atom is 0.244 e. The molecular formula is C15H23N4O4S-. The van der Waals surface area contributed by atoms with E-state index in [0.29, 0.717) is 32.7 Å². The second kappa shape index (κ2) is 7.91. The first-order chi connectivity index (χ1) is 11.4. The summed E-state index contributed by atoms with van der Waals surface area (Å²) >= 11 is 0. The summed E-state index contributed by atoms with van der Waals surface area (Å²) in [5, 5.41) is 14.2. The monoisotopic (exact) mass is 355 g/mol. The largest absolute Gasteiger partial charge is 0.545 e. The summed E-state index contributed by atoms with van der Waals surface area (Å²) in [6.07, 6.45) is 1.99. The molecular weight excluding hydrogens is 332 g/mol. The number of rotatable bonds is 7. The van der Waals surface area contributed by atoms with E-state index in [1.54, 1.807) is 0 Å². The predicted molar refractivity (Wildman–Crippen MR) is 88.2 cm³/mol. The van der Waals surface area contributed by atoms with Crippen molar-refractivity contribution in [2.75, 3.05) is 44.6 Å². The van der Waals surface area contributed by atoms with Crippen molar-refractivity contribution < 1.29 is 18.3 Å². The van der Waals surface area contributed by atoms with E-state index in [2.05, 4.69) is 15.2 Å². The highest BCUT2D eigenvalue weighted by Gasteiger charge is 2.29. The fraction of sp³-hybridized carbons (Fsp3) is 0.600. The van der Waals surface area contributed by atoms with Gasteiger partial charge in [0.15, 0.2) is 0 Å². The van der Waals surface area contributed by atoms with Crippen LogP contribution in [0.3, 0.4) is 0 Å². The summed E-state index contributed by atoms with van der Waals surface area (Å²) in [7, 11) is -3.76. The Labute approximate surface area is 142 Å². The standard InChI is InChI=1S/C15H24N4O4S/c1-3-5-16-14-13(15(20)21)10-12(11-17-14)24(22,23)19-8-6-18(4-2)7-9-19/h10-11H,3-9H2,1-2H3,(H,16,17)(H,20,21)/p-1.